The Kier molecular flexibility index (Phi) is 2.17. The number of anilines is 1. The van der Waals surface area contributed by atoms with Crippen LogP contribution in [0.2, 0.25) is 5.02 Å². The second-order valence-corrected chi connectivity index (χ2v) is 3.40. The average molecular weight is 208 g/mol. The normalized spacial score (nSPS) is 10.4. The Labute approximate surface area is 86.1 Å². The molecule has 0 spiro atoms. The Morgan fingerprint density at radius 2 is 2.36 bits per heavy atom. The van der Waals surface area contributed by atoms with Crippen LogP contribution in [0.3, 0.4) is 0 Å². The lowest BCUT2D eigenvalue weighted by Gasteiger charge is -2.04. The lowest BCUT2D eigenvalue weighted by molar-refractivity contribution is -0.114. The molecule has 14 heavy (non-hydrogen) atoms. The van der Waals surface area contributed by atoms with E-state index in [2.05, 4.69) is 16.4 Å². The number of halogens is 1. The van der Waals surface area contributed by atoms with Gasteiger partial charge in [0.2, 0.25) is 5.91 Å². The van der Waals surface area contributed by atoms with Gasteiger partial charge in [0.1, 0.15) is 0 Å². The Hall–Kier alpha value is -1.48. The van der Waals surface area contributed by atoms with Crippen LogP contribution in [0.15, 0.2) is 18.3 Å². The molecule has 0 aliphatic heterocycles. The molecule has 71 valence electrons. The highest BCUT2D eigenvalue weighted by Crippen LogP contribution is 2.27. The first kappa shape index (κ1) is 9.09. The van der Waals surface area contributed by atoms with Crippen LogP contribution < -0.4 is 5.32 Å². The first-order valence-electron chi connectivity index (χ1n) is 4.13. The van der Waals surface area contributed by atoms with Crippen molar-refractivity contribution in [2.24, 2.45) is 0 Å². The van der Waals surface area contributed by atoms with Crippen LogP contribution in [-0.4, -0.2) is 10.9 Å². The number of rotatable bonds is 1. The summed E-state index contributed by atoms with van der Waals surface area (Å²) in [6.07, 6.45) is 1.71. The van der Waals surface area contributed by atoms with Gasteiger partial charge in [0, 0.05) is 30.1 Å². The molecule has 4 heteroatoms. The van der Waals surface area contributed by atoms with Crippen LogP contribution in [-0.2, 0) is 4.79 Å². The van der Waals surface area contributed by atoms with Crippen LogP contribution in [0.25, 0.3) is 10.9 Å². The smallest absolute Gasteiger partial charge is 0.221 e. The lowest BCUT2D eigenvalue weighted by Crippen LogP contribution is -2.05. The number of hydrogen-bond acceptors (Lipinski definition) is 1. The highest BCUT2D eigenvalue weighted by Gasteiger charge is 2.04. The summed E-state index contributed by atoms with van der Waals surface area (Å²) >= 11 is 5.96. The molecule has 1 amide bonds. The number of hydrogen-bond donors (Lipinski definition) is 2. The zero-order chi connectivity index (χ0) is 10.1. The molecule has 2 N–H and O–H groups in total. The maximum absolute atomic E-state index is 10.9. The molecule has 0 saturated heterocycles. The van der Waals surface area contributed by atoms with Gasteiger partial charge in [-0.1, -0.05) is 11.6 Å². The Morgan fingerprint density at radius 3 is 3.07 bits per heavy atom. The second-order valence-electron chi connectivity index (χ2n) is 2.99. The van der Waals surface area contributed by atoms with Crippen molar-refractivity contribution in [3.8, 4) is 0 Å². The van der Waals surface area contributed by atoms with Gasteiger partial charge in [0.25, 0.3) is 0 Å². The second kappa shape index (κ2) is 3.35. The Bertz CT molecular complexity index is 490. The summed E-state index contributed by atoms with van der Waals surface area (Å²) in [5.41, 5.74) is 1.51. The van der Waals surface area contributed by atoms with Gasteiger partial charge < -0.3 is 10.3 Å². The van der Waals surface area contributed by atoms with E-state index in [-0.39, 0.29) is 5.91 Å². The van der Waals surface area contributed by atoms with Gasteiger partial charge in [0.15, 0.2) is 0 Å². The molecule has 0 aliphatic rings. The summed E-state index contributed by atoms with van der Waals surface area (Å²) in [5, 5.41) is 4.07. The Morgan fingerprint density at radius 1 is 1.57 bits per heavy atom. The number of amides is 1. The molecule has 1 radical (unpaired) electrons. The fraction of sp³-hybridized carbons (Fsp3) is 0.100. The third-order valence-corrected chi connectivity index (χ3v) is 2.19. The topological polar surface area (TPSA) is 44.9 Å². The van der Waals surface area contributed by atoms with Gasteiger partial charge in [0.05, 0.1) is 10.7 Å². The van der Waals surface area contributed by atoms with Crippen LogP contribution >= 0.6 is 11.6 Å². The van der Waals surface area contributed by atoms with E-state index in [4.69, 9.17) is 11.6 Å². The summed E-state index contributed by atoms with van der Waals surface area (Å²) in [5.74, 6) is -0.137. The van der Waals surface area contributed by atoms with Gasteiger partial charge in [-0.3, -0.25) is 4.79 Å². The predicted octanol–water partition coefficient (Wildman–Crippen LogP) is 2.58. The monoisotopic (exact) mass is 207 g/mol. The minimum Gasteiger partial charge on any atom is -0.360 e. The largest absolute Gasteiger partial charge is 0.360 e. The molecule has 1 heterocycles. The SMILES string of the molecule is CC(=O)Nc1cc2[nH]c[c]c2cc1Cl. The lowest BCUT2D eigenvalue weighted by atomic mass is 10.2. The van der Waals surface area contributed by atoms with Crippen molar-refractivity contribution in [1.29, 1.82) is 0 Å². The zero-order valence-electron chi connectivity index (χ0n) is 7.52. The molecule has 0 fully saturated rings. The van der Waals surface area contributed by atoms with E-state index in [9.17, 15) is 4.79 Å². The van der Waals surface area contributed by atoms with E-state index in [0.29, 0.717) is 10.7 Å². The van der Waals surface area contributed by atoms with E-state index >= 15 is 0 Å². The number of carbonyl (C=O) groups excluding carboxylic acids is 1. The summed E-state index contributed by atoms with van der Waals surface area (Å²) in [7, 11) is 0. The molecular weight excluding hydrogens is 200 g/mol. The fourth-order valence-electron chi connectivity index (χ4n) is 1.29. The first-order chi connectivity index (χ1) is 6.66. The maximum atomic E-state index is 10.9. The van der Waals surface area contributed by atoms with Gasteiger partial charge in [-0.2, -0.15) is 0 Å². The minimum atomic E-state index is -0.137. The first-order valence-corrected chi connectivity index (χ1v) is 4.50. The number of H-pyrrole nitrogens is 1. The van der Waals surface area contributed by atoms with E-state index in [1.165, 1.54) is 6.92 Å². The van der Waals surface area contributed by atoms with Gasteiger partial charge >= 0.3 is 0 Å². The molecule has 0 atom stereocenters. The van der Waals surface area contributed by atoms with Crippen LogP contribution in [0.5, 0.6) is 0 Å². The highest BCUT2D eigenvalue weighted by molar-refractivity contribution is 6.34. The number of benzene rings is 1. The molecule has 2 aromatic rings. The molecule has 3 nitrogen and oxygen atoms in total. The standard InChI is InChI=1S/C10H8ClN2O/c1-6(14)13-10-5-9-7(2-3-12-9)4-8(10)11/h3-5,12H,1H3,(H,13,14). The predicted molar refractivity (Wildman–Crippen MR) is 56.4 cm³/mol. The third-order valence-electron chi connectivity index (χ3n) is 1.87. The Balaban J connectivity index is 2.53. The van der Waals surface area contributed by atoms with Crippen molar-refractivity contribution >= 4 is 34.1 Å². The number of carbonyl (C=O) groups is 1. The quantitative estimate of drug-likeness (QED) is 0.742. The van der Waals surface area contributed by atoms with Crippen molar-refractivity contribution in [2.75, 3.05) is 5.32 Å². The van der Waals surface area contributed by atoms with E-state index < -0.39 is 0 Å². The highest BCUT2D eigenvalue weighted by atomic mass is 35.5. The summed E-state index contributed by atoms with van der Waals surface area (Å²) in [6, 6.07) is 6.54. The van der Waals surface area contributed by atoms with E-state index in [1.807, 2.05) is 0 Å². The molecule has 2 rings (SSSR count). The van der Waals surface area contributed by atoms with Crippen molar-refractivity contribution in [3.63, 3.8) is 0 Å². The van der Waals surface area contributed by atoms with E-state index in [0.717, 1.165) is 10.9 Å². The number of nitrogens with one attached hydrogen (secondary N) is 2. The number of aromatic nitrogens is 1. The number of aromatic amines is 1. The van der Waals surface area contributed by atoms with Crippen LogP contribution in [0, 0.1) is 6.07 Å². The third kappa shape index (κ3) is 1.59. The minimum absolute atomic E-state index is 0.137. The average Bonchev–Trinajstić information content (AvgIpc) is 2.51. The summed E-state index contributed by atoms with van der Waals surface area (Å²) < 4.78 is 0. The van der Waals surface area contributed by atoms with Crippen molar-refractivity contribution in [3.05, 3.63) is 29.4 Å². The maximum Gasteiger partial charge on any atom is 0.221 e. The molecule has 0 aliphatic carbocycles. The van der Waals surface area contributed by atoms with Gasteiger partial charge in [-0.15, -0.1) is 0 Å². The van der Waals surface area contributed by atoms with Crippen molar-refractivity contribution < 1.29 is 4.79 Å². The van der Waals surface area contributed by atoms with Crippen LogP contribution in [0.4, 0.5) is 5.69 Å². The van der Waals surface area contributed by atoms with E-state index in [1.54, 1.807) is 18.3 Å². The molecular formula is C10H8ClN2O. The molecule has 0 unspecified atom stereocenters. The van der Waals surface area contributed by atoms with Crippen LogP contribution in [0.1, 0.15) is 6.92 Å². The summed E-state index contributed by atoms with van der Waals surface area (Å²) in [6.45, 7) is 1.45. The molecule has 1 aromatic heterocycles. The van der Waals surface area contributed by atoms with Crippen molar-refractivity contribution in [2.45, 2.75) is 6.92 Å². The number of fused-ring (bicyclic) bond motifs is 1. The van der Waals surface area contributed by atoms with Gasteiger partial charge in [-0.25, -0.2) is 0 Å². The van der Waals surface area contributed by atoms with Gasteiger partial charge in [-0.05, 0) is 12.1 Å². The molecule has 0 saturated carbocycles. The molecule has 1 aromatic carbocycles. The zero-order valence-corrected chi connectivity index (χ0v) is 8.27. The van der Waals surface area contributed by atoms with Crippen molar-refractivity contribution in [1.82, 2.24) is 4.98 Å². The fourth-order valence-corrected chi connectivity index (χ4v) is 1.50. The molecule has 0 bridgehead atoms. The summed E-state index contributed by atoms with van der Waals surface area (Å²) in [4.78, 5) is 13.8.